The highest BCUT2D eigenvalue weighted by molar-refractivity contribution is 9.10. The van der Waals surface area contributed by atoms with Crippen LogP contribution in [0.1, 0.15) is 5.56 Å². The van der Waals surface area contributed by atoms with Crippen LogP contribution in [0.25, 0.3) is 0 Å². The largest absolute Gasteiger partial charge is 0.369 e. The van der Waals surface area contributed by atoms with Crippen LogP contribution in [-0.4, -0.2) is 15.7 Å². The van der Waals surface area contributed by atoms with Gasteiger partial charge in [-0.05, 0) is 18.1 Å². The minimum absolute atomic E-state index is 0.185. The predicted molar refractivity (Wildman–Crippen MR) is 58.7 cm³/mol. The molecule has 1 atom stereocenters. The standard InChI is InChI=1S/C9H8BrFN2O3/c10-6(9(12)14)3-5-1-2-8(13(15)16)7(11)4-5/h1-2,4,6H,3H2,(H2,12,14). The number of nitrogens with two attached hydrogens (primary N) is 1. The van der Waals surface area contributed by atoms with E-state index < -0.39 is 27.2 Å². The Bertz CT molecular complexity index is 439. The number of primary amides is 1. The molecule has 16 heavy (non-hydrogen) atoms. The van der Waals surface area contributed by atoms with E-state index in [9.17, 15) is 19.3 Å². The smallest absolute Gasteiger partial charge is 0.304 e. The number of benzene rings is 1. The van der Waals surface area contributed by atoms with Crippen LogP contribution in [0.15, 0.2) is 18.2 Å². The van der Waals surface area contributed by atoms with Gasteiger partial charge in [0.05, 0.1) is 9.75 Å². The maximum absolute atomic E-state index is 13.2. The average molecular weight is 291 g/mol. The van der Waals surface area contributed by atoms with Crippen LogP contribution in [0, 0.1) is 15.9 Å². The molecule has 86 valence electrons. The Hall–Kier alpha value is -1.50. The lowest BCUT2D eigenvalue weighted by Crippen LogP contribution is -2.25. The third-order valence-corrected chi connectivity index (χ3v) is 2.71. The summed E-state index contributed by atoms with van der Waals surface area (Å²) in [7, 11) is 0. The first-order chi connectivity index (χ1) is 7.41. The normalized spacial score (nSPS) is 12.1. The molecule has 0 spiro atoms. The van der Waals surface area contributed by atoms with Gasteiger partial charge in [-0.25, -0.2) is 0 Å². The van der Waals surface area contributed by atoms with Gasteiger partial charge < -0.3 is 5.73 Å². The van der Waals surface area contributed by atoms with Crippen molar-refractivity contribution >= 4 is 27.5 Å². The second-order valence-corrected chi connectivity index (χ2v) is 4.22. The zero-order chi connectivity index (χ0) is 12.3. The Morgan fingerprint density at radius 2 is 2.25 bits per heavy atom. The molecule has 7 heteroatoms. The molecule has 0 aliphatic heterocycles. The molecule has 5 nitrogen and oxygen atoms in total. The van der Waals surface area contributed by atoms with E-state index in [1.807, 2.05) is 0 Å². The summed E-state index contributed by atoms with van der Waals surface area (Å²) < 4.78 is 13.2. The van der Waals surface area contributed by atoms with E-state index in [2.05, 4.69) is 15.9 Å². The summed E-state index contributed by atoms with van der Waals surface area (Å²) in [4.78, 5) is 19.7. The Balaban J connectivity index is 2.89. The van der Waals surface area contributed by atoms with Crippen LogP contribution in [0.5, 0.6) is 0 Å². The summed E-state index contributed by atoms with van der Waals surface area (Å²) in [5, 5.41) is 10.3. The zero-order valence-electron chi connectivity index (χ0n) is 8.02. The van der Waals surface area contributed by atoms with Crippen LogP contribution >= 0.6 is 15.9 Å². The number of hydrogen-bond donors (Lipinski definition) is 1. The number of amides is 1. The third kappa shape index (κ3) is 2.99. The SMILES string of the molecule is NC(=O)C(Br)Cc1ccc([N+](=O)[O-])c(F)c1. The summed E-state index contributed by atoms with van der Waals surface area (Å²) in [5.41, 5.74) is 4.89. The lowest BCUT2D eigenvalue weighted by atomic mass is 10.1. The van der Waals surface area contributed by atoms with Crippen molar-refractivity contribution in [3.8, 4) is 0 Å². The first-order valence-corrected chi connectivity index (χ1v) is 5.19. The summed E-state index contributed by atoms with van der Waals surface area (Å²) >= 11 is 3.02. The molecule has 0 bridgehead atoms. The van der Waals surface area contributed by atoms with Crippen LogP contribution in [-0.2, 0) is 11.2 Å². The Labute approximate surface area is 98.7 Å². The van der Waals surface area contributed by atoms with Crippen molar-refractivity contribution in [1.29, 1.82) is 0 Å². The maximum Gasteiger partial charge on any atom is 0.304 e. The van der Waals surface area contributed by atoms with Gasteiger partial charge in [0.1, 0.15) is 0 Å². The molecule has 0 saturated heterocycles. The molecule has 0 heterocycles. The number of nitrogens with zero attached hydrogens (tertiary/aromatic N) is 1. The van der Waals surface area contributed by atoms with Gasteiger partial charge in [-0.3, -0.25) is 14.9 Å². The van der Waals surface area contributed by atoms with E-state index >= 15 is 0 Å². The summed E-state index contributed by atoms with van der Waals surface area (Å²) in [6, 6.07) is 3.47. The topological polar surface area (TPSA) is 86.2 Å². The maximum atomic E-state index is 13.2. The minimum Gasteiger partial charge on any atom is -0.369 e. The van der Waals surface area contributed by atoms with E-state index in [4.69, 9.17) is 5.73 Å². The van der Waals surface area contributed by atoms with Crippen LogP contribution < -0.4 is 5.73 Å². The molecule has 0 aliphatic rings. The lowest BCUT2D eigenvalue weighted by Gasteiger charge is -2.05. The summed E-state index contributed by atoms with van der Waals surface area (Å²) in [6.45, 7) is 0. The van der Waals surface area contributed by atoms with E-state index in [-0.39, 0.29) is 6.42 Å². The average Bonchev–Trinajstić information content (AvgIpc) is 2.16. The molecule has 0 aliphatic carbocycles. The quantitative estimate of drug-likeness (QED) is 0.518. The Morgan fingerprint density at radius 3 is 2.69 bits per heavy atom. The van der Waals surface area contributed by atoms with E-state index in [0.717, 1.165) is 12.1 Å². The fraction of sp³-hybridized carbons (Fsp3) is 0.222. The summed E-state index contributed by atoms with van der Waals surface area (Å²) in [5.74, 6) is -1.49. The number of carbonyl (C=O) groups excluding carboxylic acids is 1. The van der Waals surface area contributed by atoms with Gasteiger partial charge in [0.25, 0.3) is 0 Å². The van der Waals surface area contributed by atoms with Crippen molar-refractivity contribution in [2.45, 2.75) is 11.2 Å². The number of hydrogen-bond acceptors (Lipinski definition) is 3. The van der Waals surface area contributed by atoms with Crippen molar-refractivity contribution in [1.82, 2.24) is 0 Å². The van der Waals surface area contributed by atoms with E-state index in [1.54, 1.807) is 0 Å². The first kappa shape index (κ1) is 12.6. The fourth-order valence-electron chi connectivity index (χ4n) is 1.13. The second-order valence-electron chi connectivity index (χ2n) is 3.12. The Kier molecular flexibility index (Phi) is 3.94. The molecule has 0 saturated carbocycles. The van der Waals surface area contributed by atoms with Gasteiger partial charge in [-0.2, -0.15) is 4.39 Å². The number of carbonyl (C=O) groups is 1. The third-order valence-electron chi connectivity index (χ3n) is 1.93. The number of alkyl halides is 1. The number of nitro benzene ring substituents is 1. The lowest BCUT2D eigenvalue weighted by molar-refractivity contribution is -0.387. The molecule has 0 aromatic heterocycles. The van der Waals surface area contributed by atoms with Gasteiger partial charge in [0.15, 0.2) is 0 Å². The highest BCUT2D eigenvalue weighted by atomic mass is 79.9. The van der Waals surface area contributed by atoms with Crippen LogP contribution in [0.4, 0.5) is 10.1 Å². The molecular formula is C9H8BrFN2O3. The van der Waals surface area contributed by atoms with E-state index in [0.29, 0.717) is 5.56 Å². The fourth-order valence-corrected chi connectivity index (χ4v) is 1.51. The first-order valence-electron chi connectivity index (χ1n) is 4.28. The van der Waals surface area contributed by atoms with Crippen molar-refractivity contribution in [3.05, 3.63) is 39.7 Å². The van der Waals surface area contributed by atoms with Crippen LogP contribution in [0.2, 0.25) is 0 Å². The highest BCUT2D eigenvalue weighted by Crippen LogP contribution is 2.19. The number of rotatable bonds is 4. The molecule has 1 aromatic carbocycles. The number of halogens is 2. The van der Waals surface area contributed by atoms with Crippen molar-refractivity contribution in [2.75, 3.05) is 0 Å². The molecule has 1 aromatic rings. The van der Waals surface area contributed by atoms with Crippen molar-refractivity contribution in [2.24, 2.45) is 5.73 Å². The van der Waals surface area contributed by atoms with Crippen molar-refractivity contribution < 1.29 is 14.1 Å². The highest BCUT2D eigenvalue weighted by Gasteiger charge is 2.16. The minimum atomic E-state index is -0.924. The van der Waals surface area contributed by atoms with Gasteiger partial charge in [-0.15, -0.1) is 0 Å². The summed E-state index contributed by atoms with van der Waals surface area (Å²) in [6.07, 6.45) is 0.185. The monoisotopic (exact) mass is 290 g/mol. The Morgan fingerprint density at radius 1 is 1.62 bits per heavy atom. The van der Waals surface area contributed by atoms with Gasteiger partial charge >= 0.3 is 5.69 Å². The molecule has 2 N–H and O–H groups in total. The molecule has 1 amide bonds. The molecule has 1 rings (SSSR count). The van der Waals surface area contributed by atoms with Gasteiger partial charge in [0.2, 0.25) is 11.7 Å². The van der Waals surface area contributed by atoms with Crippen LogP contribution in [0.3, 0.4) is 0 Å². The zero-order valence-corrected chi connectivity index (χ0v) is 9.61. The van der Waals surface area contributed by atoms with E-state index in [1.165, 1.54) is 6.07 Å². The predicted octanol–water partition coefficient (Wildman–Crippen LogP) is 1.53. The molecular weight excluding hydrogens is 283 g/mol. The second kappa shape index (κ2) is 5.02. The van der Waals surface area contributed by atoms with Crippen molar-refractivity contribution in [3.63, 3.8) is 0 Å². The molecule has 0 radical (unpaired) electrons. The molecule has 0 fully saturated rings. The van der Waals surface area contributed by atoms with Gasteiger partial charge in [-0.1, -0.05) is 22.0 Å². The number of nitro groups is 1. The molecule has 1 unspecified atom stereocenters. The van der Waals surface area contributed by atoms with Gasteiger partial charge in [0, 0.05) is 6.07 Å².